The van der Waals surface area contributed by atoms with Crippen LogP contribution >= 0.6 is 11.6 Å². The molecule has 0 saturated carbocycles. The van der Waals surface area contributed by atoms with Crippen LogP contribution in [0.1, 0.15) is 11.1 Å². The van der Waals surface area contributed by atoms with Gasteiger partial charge in [0, 0.05) is 31.2 Å². The van der Waals surface area contributed by atoms with E-state index in [1.165, 1.54) is 16.4 Å². The summed E-state index contributed by atoms with van der Waals surface area (Å²) in [5, 5.41) is 4.32. The van der Waals surface area contributed by atoms with Crippen LogP contribution in [0.15, 0.2) is 58.6 Å². The Balaban J connectivity index is 1.49. The average molecular weight is 436 g/mol. The number of nitrogens with zero attached hydrogens (tertiary/aromatic N) is 3. The predicted molar refractivity (Wildman–Crippen MR) is 112 cm³/mol. The molecule has 1 fully saturated rings. The molecule has 154 valence electrons. The SMILES string of the molecule is Cc1ccccc1/C=N/OCC(=O)N1CCN(S(=O)(=O)c2ccc(Cl)cc2)CC1. The molecule has 9 heteroatoms. The molecule has 7 nitrogen and oxygen atoms in total. The van der Waals surface area contributed by atoms with E-state index >= 15 is 0 Å². The van der Waals surface area contributed by atoms with Gasteiger partial charge in [0.2, 0.25) is 10.0 Å². The highest BCUT2D eigenvalue weighted by Crippen LogP contribution is 2.20. The lowest BCUT2D eigenvalue weighted by molar-refractivity contribution is -0.137. The van der Waals surface area contributed by atoms with Gasteiger partial charge in [-0.25, -0.2) is 8.42 Å². The van der Waals surface area contributed by atoms with Crippen LogP contribution in [-0.4, -0.2) is 62.5 Å². The maximum absolute atomic E-state index is 12.7. The molecular formula is C20H22ClN3O4S. The maximum atomic E-state index is 12.7. The molecule has 29 heavy (non-hydrogen) atoms. The number of halogens is 1. The van der Waals surface area contributed by atoms with Gasteiger partial charge in [0.15, 0.2) is 6.61 Å². The number of hydrogen-bond donors (Lipinski definition) is 0. The summed E-state index contributed by atoms with van der Waals surface area (Å²) >= 11 is 5.82. The normalized spacial score (nSPS) is 15.6. The van der Waals surface area contributed by atoms with Crippen molar-refractivity contribution in [1.82, 2.24) is 9.21 Å². The van der Waals surface area contributed by atoms with E-state index in [2.05, 4.69) is 5.16 Å². The average Bonchev–Trinajstić information content (AvgIpc) is 2.72. The Morgan fingerprint density at radius 2 is 1.76 bits per heavy atom. The summed E-state index contributed by atoms with van der Waals surface area (Å²) in [5.41, 5.74) is 1.98. The third-order valence-corrected chi connectivity index (χ3v) is 6.85. The Labute approximate surface area is 175 Å². The number of benzene rings is 2. The van der Waals surface area contributed by atoms with Gasteiger partial charge >= 0.3 is 0 Å². The van der Waals surface area contributed by atoms with Crippen molar-refractivity contribution in [3.63, 3.8) is 0 Å². The third-order valence-electron chi connectivity index (χ3n) is 4.69. The number of carbonyl (C=O) groups is 1. The number of aryl methyl sites for hydroxylation is 1. The van der Waals surface area contributed by atoms with Crippen LogP contribution in [-0.2, 0) is 19.7 Å². The van der Waals surface area contributed by atoms with Crippen LogP contribution in [0.5, 0.6) is 0 Å². The second-order valence-corrected chi connectivity index (χ2v) is 8.98. The first-order valence-electron chi connectivity index (χ1n) is 9.12. The molecule has 3 rings (SSSR count). The van der Waals surface area contributed by atoms with E-state index in [1.807, 2.05) is 31.2 Å². The van der Waals surface area contributed by atoms with Crippen molar-refractivity contribution in [1.29, 1.82) is 0 Å². The fourth-order valence-corrected chi connectivity index (χ4v) is 4.49. The third kappa shape index (κ3) is 5.35. The molecule has 2 aromatic carbocycles. The molecule has 0 aliphatic carbocycles. The van der Waals surface area contributed by atoms with Gasteiger partial charge in [-0.1, -0.05) is 41.0 Å². The molecule has 0 atom stereocenters. The fourth-order valence-electron chi connectivity index (χ4n) is 2.94. The van der Waals surface area contributed by atoms with Crippen LogP contribution in [0.4, 0.5) is 0 Å². The number of hydrogen-bond acceptors (Lipinski definition) is 5. The highest BCUT2D eigenvalue weighted by atomic mass is 35.5. The summed E-state index contributed by atoms with van der Waals surface area (Å²) in [6, 6.07) is 13.8. The number of rotatable bonds is 6. The molecule has 1 amide bonds. The molecule has 0 N–H and O–H groups in total. The zero-order chi connectivity index (χ0) is 20.9. The minimum absolute atomic E-state index is 0.188. The lowest BCUT2D eigenvalue weighted by atomic mass is 10.1. The molecule has 1 aliphatic rings. The standard InChI is InChI=1S/C20H22ClN3O4S/c1-16-4-2-3-5-17(16)14-22-28-15-20(25)23-10-12-24(13-11-23)29(26,27)19-8-6-18(21)7-9-19/h2-9,14H,10-13,15H2,1H3/b22-14+. The summed E-state index contributed by atoms with van der Waals surface area (Å²) in [7, 11) is -3.60. The zero-order valence-corrected chi connectivity index (χ0v) is 17.6. The second kappa shape index (κ2) is 9.39. The van der Waals surface area contributed by atoms with Gasteiger partial charge < -0.3 is 9.74 Å². The van der Waals surface area contributed by atoms with Gasteiger partial charge in [-0.15, -0.1) is 0 Å². The Bertz CT molecular complexity index is 985. The molecule has 1 aliphatic heterocycles. The number of amides is 1. The Hall–Kier alpha value is -2.42. The van der Waals surface area contributed by atoms with Crippen LogP contribution in [0.25, 0.3) is 0 Å². The molecular weight excluding hydrogens is 414 g/mol. The van der Waals surface area contributed by atoms with E-state index in [-0.39, 0.29) is 30.5 Å². The smallest absolute Gasteiger partial charge is 0.263 e. The summed E-state index contributed by atoms with van der Waals surface area (Å²) in [4.78, 5) is 19.2. The number of oxime groups is 1. The van der Waals surface area contributed by atoms with Crippen molar-refractivity contribution >= 4 is 33.7 Å². The molecule has 0 aromatic heterocycles. The van der Waals surface area contributed by atoms with Crippen molar-refractivity contribution < 1.29 is 18.0 Å². The molecule has 0 radical (unpaired) electrons. The highest BCUT2D eigenvalue weighted by molar-refractivity contribution is 7.89. The van der Waals surface area contributed by atoms with Gasteiger partial charge in [-0.05, 0) is 42.3 Å². The maximum Gasteiger partial charge on any atom is 0.263 e. The minimum Gasteiger partial charge on any atom is -0.386 e. The van der Waals surface area contributed by atoms with E-state index in [1.54, 1.807) is 23.2 Å². The number of carbonyl (C=O) groups excluding carboxylic acids is 1. The Morgan fingerprint density at radius 1 is 1.10 bits per heavy atom. The van der Waals surface area contributed by atoms with E-state index in [0.717, 1.165) is 11.1 Å². The van der Waals surface area contributed by atoms with Crippen molar-refractivity contribution in [2.24, 2.45) is 5.16 Å². The first kappa shape index (κ1) is 21.3. The lowest BCUT2D eigenvalue weighted by Gasteiger charge is -2.33. The Kier molecular flexibility index (Phi) is 6.89. The van der Waals surface area contributed by atoms with Gasteiger partial charge in [0.25, 0.3) is 5.91 Å². The van der Waals surface area contributed by atoms with Gasteiger partial charge in [-0.2, -0.15) is 4.31 Å². The predicted octanol–water partition coefficient (Wildman–Crippen LogP) is 2.53. The molecule has 1 saturated heterocycles. The lowest BCUT2D eigenvalue weighted by Crippen LogP contribution is -2.51. The summed E-state index contributed by atoms with van der Waals surface area (Å²) in [5.74, 6) is -0.226. The zero-order valence-electron chi connectivity index (χ0n) is 16.0. The molecule has 0 unspecified atom stereocenters. The van der Waals surface area contributed by atoms with E-state index in [4.69, 9.17) is 16.4 Å². The minimum atomic E-state index is -3.60. The van der Waals surface area contributed by atoms with Crippen LogP contribution in [0, 0.1) is 6.92 Å². The van der Waals surface area contributed by atoms with E-state index < -0.39 is 10.0 Å². The van der Waals surface area contributed by atoms with Crippen molar-refractivity contribution in [2.75, 3.05) is 32.8 Å². The monoisotopic (exact) mass is 435 g/mol. The molecule has 2 aromatic rings. The van der Waals surface area contributed by atoms with Gasteiger partial charge in [-0.3, -0.25) is 4.79 Å². The van der Waals surface area contributed by atoms with E-state index in [9.17, 15) is 13.2 Å². The first-order valence-corrected chi connectivity index (χ1v) is 10.9. The summed E-state index contributed by atoms with van der Waals surface area (Å²) < 4.78 is 26.7. The topological polar surface area (TPSA) is 79.3 Å². The summed E-state index contributed by atoms with van der Waals surface area (Å²) in [6.45, 7) is 2.83. The largest absolute Gasteiger partial charge is 0.386 e. The second-order valence-electron chi connectivity index (χ2n) is 6.60. The molecule has 0 bridgehead atoms. The van der Waals surface area contributed by atoms with Crippen LogP contribution < -0.4 is 0 Å². The van der Waals surface area contributed by atoms with Crippen molar-refractivity contribution in [2.45, 2.75) is 11.8 Å². The summed E-state index contributed by atoms with van der Waals surface area (Å²) in [6.07, 6.45) is 1.57. The Morgan fingerprint density at radius 3 is 2.41 bits per heavy atom. The van der Waals surface area contributed by atoms with E-state index in [0.29, 0.717) is 18.1 Å². The number of piperazine rings is 1. The van der Waals surface area contributed by atoms with Crippen LogP contribution in [0.2, 0.25) is 5.02 Å². The molecule has 0 spiro atoms. The molecule has 1 heterocycles. The van der Waals surface area contributed by atoms with Crippen molar-refractivity contribution in [3.05, 3.63) is 64.7 Å². The van der Waals surface area contributed by atoms with Gasteiger partial charge in [0.05, 0.1) is 11.1 Å². The highest BCUT2D eigenvalue weighted by Gasteiger charge is 2.30. The van der Waals surface area contributed by atoms with Crippen LogP contribution in [0.3, 0.4) is 0 Å². The quantitative estimate of drug-likeness (QED) is 0.516. The van der Waals surface area contributed by atoms with Gasteiger partial charge in [0.1, 0.15) is 0 Å². The fraction of sp³-hybridized carbons (Fsp3) is 0.300. The van der Waals surface area contributed by atoms with Crippen molar-refractivity contribution in [3.8, 4) is 0 Å². The number of sulfonamides is 1. The first-order chi connectivity index (χ1) is 13.9.